The summed E-state index contributed by atoms with van der Waals surface area (Å²) in [6, 6.07) is 0. The summed E-state index contributed by atoms with van der Waals surface area (Å²) in [6.45, 7) is 0. The molecule has 1 atom stereocenters. The van der Waals surface area contributed by atoms with E-state index >= 15 is 0 Å². The molecule has 0 bridgehead atoms. The summed E-state index contributed by atoms with van der Waals surface area (Å²) in [5.41, 5.74) is -2.90. The van der Waals surface area contributed by atoms with Gasteiger partial charge in [-0.3, -0.25) is 14.4 Å². The summed E-state index contributed by atoms with van der Waals surface area (Å²) >= 11 is 0. The number of aliphatic carboxylic acids is 4. The predicted octanol–water partition coefficient (Wildman–Crippen LogP) is -4.75. The number of carboxylic acid groups (broad SMARTS) is 4. The molecule has 0 saturated heterocycles. The summed E-state index contributed by atoms with van der Waals surface area (Å²) in [5.74, 6) is -8.86. The zero-order chi connectivity index (χ0) is 16.8. The number of hydrogen-bond donors (Lipinski definition) is 5. The first-order chi connectivity index (χ1) is 9.50. The molecule has 0 aliphatic carbocycles. The van der Waals surface area contributed by atoms with Crippen LogP contribution in [0.2, 0.25) is 0 Å². The van der Waals surface area contributed by atoms with E-state index in [1.807, 2.05) is 0 Å². The summed E-state index contributed by atoms with van der Waals surface area (Å²) in [7, 11) is 0. The van der Waals surface area contributed by atoms with Crippen LogP contribution < -0.4 is 51.4 Å². The second kappa shape index (κ2) is 9.86. The SMILES string of the molecule is O=C(O)CC(CC(=O)O)(OC(=O)CC(O)C(=O)O)C(=O)O.[H-].[K+]. The Morgan fingerprint density at radius 2 is 1.36 bits per heavy atom. The molecule has 0 spiro atoms. The maximum absolute atomic E-state index is 11.3. The minimum Gasteiger partial charge on any atom is -1.00 e. The Balaban J connectivity index is -0.00000200. The molecule has 0 saturated carbocycles. The Hall–Kier alpha value is -1.05. The molecule has 0 aromatic heterocycles. The molecule has 0 aliphatic heterocycles. The third-order valence-electron chi connectivity index (χ3n) is 2.22. The number of aliphatic hydroxyl groups excluding tert-OH is 1. The van der Waals surface area contributed by atoms with Crippen LogP contribution in [0.1, 0.15) is 20.7 Å². The van der Waals surface area contributed by atoms with Crippen LogP contribution in [0.3, 0.4) is 0 Å². The van der Waals surface area contributed by atoms with Gasteiger partial charge < -0.3 is 31.7 Å². The largest absolute Gasteiger partial charge is 1.00 e. The van der Waals surface area contributed by atoms with Crippen molar-refractivity contribution in [2.75, 3.05) is 0 Å². The van der Waals surface area contributed by atoms with E-state index in [4.69, 9.17) is 25.5 Å². The fourth-order valence-corrected chi connectivity index (χ4v) is 1.32. The van der Waals surface area contributed by atoms with Gasteiger partial charge in [-0.05, 0) is 0 Å². The monoisotopic (exact) mass is 348 g/mol. The number of esters is 1. The van der Waals surface area contributed by atoms with Gasteiger partial charge in [-0.15, -0.1) is 0 Å². The van der Waals surface area contributed by atoms with Crippen molar-refractivity contribution < 1.29 is 107 Å². The van der Waals surface area contributed by atoms with Gasteiger partial charge in [-0.1, -0.05) is 0 Å². The van der Waals surface area contributed by atoms with Gasteiger partial charge in [-0.25, -0.2) is 9.59 Å². The number of hydrogen-bond acceptors (Lipinski definition) is 7. The van der Waals surface area contributed by atoms with Crippen LogP contribution in [0, 0.1) is 0 Å². The Labute approximate surface area is 166 Å². The molecule has 0 fully saturated rings. The van der Waals surface area contributed by atoms with Gasteiger partial charge in [0.15, 0.2) is 6.10 Å². The molecule has 1 unspecified atom stereocenters. The zero-order valence-corrected chi connectivity index (χ0v) is 14.5. The van der Waals surface area contributed by atoms with Crippen molar-refractivity contribution in [3.63, 3.8) is 0 Å². The molecular weight excluding hydrogens is 335 g/mol. The van der Waals surface area contributed by atoms with Crippen molar-refractivity contribution in [3.8, 4) is 0 Å². The van der Waals surface area contributed by atoms with Crippen molar-refractivity contribution in [1.82, 2.24) is 0 Å². The number of carbonyl (C=O) groups is 5. The average Bonchev–Trinajstić information content (AvgIpc) is 2.25. The van der Waals surface area contributed by atoms with Crippen LogP contribution in [-0.4, -0.2) is 67.1 Å². The molecule has 0 radical (unpaired) electrons. The van der Waals surface area contributed by atoms with Gasteiger partial charge in [0, 0.05) is 0 Å². The summed E-state index contributed by atoms with van der Waals surface area (Å²) in [4.78, 5) is 54.0. The molecule has 5 N–H and O–H groups in total. The molecule has 11 nitrogen and oxygen atoms in total. The third-order valence-corrected chi connectivity index (χ3v) is 2.22. The van der Waals surface area contributed by atoms with Gasteiger partial charge in [0.1, 0.15) is 0 Å². The van der Waals surface area contributed by atoms with E-state index in [0.717, 1.165) is 0 Å². The van der Waals surface area contributed by atoms with Crippen LogP contribution in [-0.2, 0) is 28.7 Å². The van der Waals surface area contributed by atoms with Crippen LogP contribution in [0.25, 0.3) is 0 Å². The van der Waals surface area contributed by atoms with Gasteiger partial charge >= 0.3 is 81.2 Å². The van der Waals surface area contributed by atoms with E-state index in [9.17, 15) is 24.0 Å². The van der Waals surface area contributed by atoms with Crippen molar-refractivity contribution in [1.29, 1.82) is 0 Å². The molecule has 0 rings (SSSR count). The molecule has 0 aromatic carbocycles. The van der Waals surface area contributed by atoms with Gasteiger partial charge in [0.2, 0.25) is 5.60 Å². The standard InChI is InChI=1S/C10H12O11.K.H/c11-4(8(17)18)1-7(16)21-10(9(19)20,2-5(12)13)3-6(14)15;;/h4,11H,1-3H2,(H,12,13)(H,14,15)(H,17,18)(H,19,20);;/q;+1;-1. The first-order valence-electron chi connectivity index (χ1n) is 5.30. The molecule has 22 heavy (non-hydrogen) atoms. The van der Waals surface area contributed by atoms with Gasteiger partial charge in [0.25, 0.3) is 0 Å². The minimum atomic E-state index is -2.90. The normalized spacial score (nSPS) is 11.7. The second-order valence-electron chi connectivity index (χ2n) is 3.97. The maximum Gasteiger partial charge on any atom is 1.00 e. The van der Waals surface area contributed by atoms with Gasteiger partial charge in [-0.2, -0.15) is 0 Å². The van der Waals surface area contributed by atoms with E-state index < -0.39 is 60.8 Å². The molecule has 0 aromatic rings. The quantitative estimate of drug-likeness (QED) is 0.198. The number of aliphatic hydroxyl groups is 1. The second-order valence-corrected chi connectivity index (χ2v) is 3.97. The molecule has 0 heterocycles. The van der Waals surface area contributed by atoms with E-state index in [0.29, 0.717) is 0 Å². The topological polar surface area (TPSA) is 196 Å². The fraction of sp³-hybridized carbons (Fsp3) is 0.500. The van der Waals surface area contributed by atoms with E-state index in [1.54, 1.807) is 0 Å². The minimum absolute atomic E-state index is 0. The van der Waals surface area contributed by atoms with Crippen molar-refractivity contribution >= 4 is 29.8 Å². The Morgan fingerprint density at radius 1 is 0.955 bits per heavy atom. The van der Waals surface area contributed by atoms with Crippen molar-refractivity contribution in [2.24, 2.45) is 0 Å². The summed E-state index contributed by atoms with van der Waals surface area (Å²) in [6.07, 6.45) is -6.05. The molecule has 0 aliphatic rings. The van der Waals surface area contributed by atoms with Crippen molar-refractivity contribution in [2.45, 2.75) is 31.0 Å². The number of rotatable bonds is 9. The number of ether oxygens (including phenoxy) is 1. The van der Waals surface area contributed by atoms with E-state index in [2.05, 4.69) is 4.74 Å². The van der Waals surface area contributed by atoms with Crippen LogP contribution in [0.4, 0.5) is 0 Å². The fourth-order valence-electron chi connectivity index (χ4n) is 1.32. The first kappa shape index (κ1) is 23.2. The van der Waals surface area contributed by atoms with Crippen LogP contribution >= 0.6 is 0 Å². The average molecular weight is 348 g/mol. The molecular formula is C10H13KO11. The Bertz CT molecular complexity index is 461. The van der Waals surface area contributed by atoms with E-state index in [1.165, 1.54) is 0 Å². The van der Waals surface area contributed by atoms with Crippen molar-refractivity contribution in [3.05, 3.63) is 0 Å². The first-order valence-corrected chi connectivity index (χ1v) is 5.30. The maximum atomic E-state index is 11.3. The molecule has 12 heteroatoms. The van der Waals surface area contributed by atoms with Crippen LogP contribution in [0.5, 0.6) is 0 Å². The molecule has 0 amide bonds. The van der Waals surface area contributed by atoms with Crippen LogP contribution in [0.15, 0.2) is 0 Å². The van der Waals surface area contributed by atoms with Gasteiger partial charge in [0.05, 0.1) is 19.3 Å². The summed E-state index contributed by atoms with van der Waals surface area (Å²) in [5, 5.41) is 43.4. The third kappa shape index (κ3) is 7.81. The summed E-state index contributed by atoms with van der Waals surface area (Å²) < 4.78 is 4.32. The predicted molar refractivity (Wildman–Crippen MR) is 60.3 cm³/mol. The number of carboxylic acids is 4. The number of carbonyl (C=O) groups excluding carboxylic acids is 1. The zero-order valence-electron chi connectivity index (χ0n) is 12.4. The Kier molecular flexibility index (Phi) is 10.4. The molecule has 120 valence electrons. The smallest absolute Gasteiger partial charge is 1.00 e. The Morgan fingerprint density at radius 3 is 1.64 bits per heavy atom. The van der Waals surface area contributed by atoms with E-state index in [-0.39, 0.29) is 52.8 Å².